The number of pyridine rings is 1. The highest BCUT2D eigenvalue weighted by Crippen LogP contribution is 2.60. The molecule has 45 heavy (non-hydrogen) atoms. The number of amides is 1. The molecule has 0 spiro atoms. The average molecular weight is 648 g/mol. The van der Waals surface area contributed by atoms with Gasteiger partial charge in [-0.15, -0.1) is 0 Å². The van der Waals surface area contributed by atoms with Crippen LogP contribution in [0.3, 0.4) is 0 Å². The first kappa shape index (κ1) is 31.4. The molecular weight excluding hydrogens is 613 g/mol. The second kappa shape index (κ2) is 11.7. The van der Waals surface area contributed by atoms with E-state index < -0.39 is 58.4 Å². The molecule has 7 nitrogen and oxygen atoms in total. The molecule has 1 aliphatic carbocycles. The quantitative estimate of drug-likeness (QED) is 0.211. The monoisotopic (exact) mass is 647 g/mol. The van der Waals surface area contributed by atoms with Gasteiger partial charge in [-0.3, -0.25) is 19.2 Å². The molecule has 5 unspecified atom stereocenters. The Morgan fingerprint density at radius 1 is 1.11 bits per heavy atom. The van der Waals surface area contributed by atoms with Gasteiger partial charge >= 0.3 is 11.9 Å². The zero-order chi connectivity index (χ0) is 32.3. The van der Waals surface area contributed by atoms with E-state index in [4.69, 9.17) is 0 Å². The highest BCUT2D eigenvalue weighted by molar-refractivity contribution is 8.21. The first-order valence-corrected chi connectivity index (χ1v) is 16.3. The Hall–Kier alpha value is -3.58. The fourth-order valence-electron chi connectivity index (χ4n) is 7.20. The van der Waals surface area contributed by atoms with Crippen molar-refractivity contribution in [3.63, 3.8) is 0 Å². The van der Waals surface area contributed by atoms with E-state index in [0.29, 0.717) is 28.4 Å². The predicted molar refractivity (Wildman–Crippen MR) is 163 cm³/mol. The van der Waals surface area contributed by atoms with Gasteiger partial charge < -0.3 is 4.90 Å². The molecule has 0 radical (unpaired) electrons. The van der Waals surface area contributed by atoms with Crippen molar-refractivity contribution in [2.24, 2.45) is 0 Å². The van der Waals surface area contributed by atoms with Crippen LogP contribution in [0.2, 0.25) is 0 Å². The zero-order valence-electron chi connectivity index (χ0n) is 24.8. The van der Waals surface area contributed by atoms with Crippen molar-refractivity contribution in [2.45, 2.75) is 80.0 Å². The number of piperazine rings is 1. The molecule has 240 valence electrons. The number of halogens is 5. The molecule has 5 atom stereocenters. The molecule has 3 aliphatic rings. The number of allylic oxidation sites excluding steroid dienone is 2. The molecular formula is C32H34F5N5O2S. The zero-order valence-corrected chi connectivity index (χ0v) is 25.7. The minimum Gasteiger partial charge on any atom is -0.331 e. The van der Waals surface area contributed by atoms with Crippen LogP contribution in [0.15, 0.2) is 76.2 Å². The summed E-state index contributed by atoms with van der Waals surface area (Å²) in [5.74, 6) is -3.56. The smallest absolute Gasteiger partial charge is 0.331 e. The molecule has 6 rings (SSSR count). The van der Waals surface area contributed by atoms with Crippen LogP contribution in [0, 0.1) is 0 Å². The van der Waals surface area contributed by atoms with Gasteiger partial charge in [0, 0.05) is 79.3 Å². The fraction of sp³-hybridized carbons (Fsp3) is 0.438. The number of hydrogen-bond donors (Lipinski definition) is 1. The first-order valence-electron chi connectivity index (χ1n) is 14.8. The Morgan fingerprint density at radius 3 is 2.40 bits per heavy atom. The largest absolute Gasteiger partial charge is 0.416 e. The van der Waals surface area contributed by atoms with E-state index in [1.807, 2.05) is 26.0 Å². The van der Waals surface area contributed by atoms with E-state index in [1.165, 1.54) is 22.9 Å². The van der Waals surface area contributed by atoms with Crippen LogP contribution in [0.1, 0.15) is 50.2 Å². The summed E-state index contributed by atoms with van der Waals surface area (Å²) in [6.45, 7) is 8.37. The molecule has 1 aromatic carbocycles. The molecule has 1 fully saturated rings. The van der Waals surface area contributed by atoms with Crippen molar-refractivity contribution < 1.29 is 26.7 Å². The Morgan fingerprint density at radius 2 is 1.80 bits per heavy atom. The molecule has 1 saturated heterocycles. The van der Waals surface area contributed by atoms with Gasteiger partial charge in [-0.25, -0.2) is 18.6 Å². The van der Waals surface area contributed by atoms with Crippen LogP contribution in [-0.2, 0) is 17.5 Å². The van der Waals surface area contributed by atoms with Crippen LogP contribution in [0.5, 0.6) is 0 Å². The number of carbonyl (C=O) groups is 1. The SMILES string of the molecule is C=CC(=O)N1C(C)CN(C2C(c3ccncc3)Cn3c(=O)ncc4cc(C(F)(F)F)cc(c43)[SH]2C2=CCC(F)(F)CC2)CC1C. The van der Waals surface area contributed by atoms with Crippen molar-refractivity contribution in [1.82, 2.24) is 24.3 Å². The lowest BCUT2D eigenvalue weighted by atomic mass is 9.97. The molecule has 2 aromatic heterocycles. The van der Waals surface area contributed by atoms with Crippen molar-refractivity contribution in [1.29, 1.82) is 0 Å². The topological polar surface area (TPSA) is 71.3 Å². The number of rotatable bonds is 4. The Bertz CT molecular complexity index is 1710. The van der Waals surface area contributed by atoms with Gasteiger partial charge in [0.2, 0.25) is 5.91 Å². The second-order valence-electron chi connectivity index (χ2n) is 12.1. The van der Waals surface area contributed by atoms with Crippen LogP contribution >= 0.6 is 10.9 Å². The van der Waals surface area contributed by atoms with E-state index in [0.717, 1.165) is 17.7 Å². The van der Waals surface area contributed by atoms with E-state index in [9.17, 15) is 31.5 Å². The van der Waals surface area contributed by atoms with Gasteiger partial charge in [0.05, 0.1) is 16.5 Å². The van der Waals surface area contributed by atoms with E-state index >= 15 is 0 Å². The summed E-state index contributed by atoms with van der Waals surface area (Å²) >= 11 is 0. The normalized spacial score (nSPS) is 27.9. The lowest BCUT2D eigenvalue weighted by Gasteiger charge is -2.51. The van der Waals surface area contributed by atoms with Crippen molar-refractivity contribution in [2.75, 3.05) is 13.1 Å². The molecule has 0 bridgehead atoms. The minimum absolute atomic E-state index is 0.0192. The van der Waals surface area contributed by atoms with Crippen molar-refractivity contribution >= 4 is 27.7 Å². The maximum Gasteiger partial charge on any atom is 0.416 e. The average Bonchev–Trinajstić information content (AvgIpc) is 3.14. The molecule has 4 heterocycles. The maximum atomic E-state index is 14.5. The maximum absolute atomic E-state index is 14.5. The van der Waals surface area contributed by atoms with Crippen molar-refractivity contribution in [3.05, 3.63) is 88.1 Å². The van der Waals surface area contributed by atoms with E-state index in [2.05, 4.69) is 21.4 Å². The van der Waals surface area contributed by atoms with Crippen LogP contribution in [0.4, 0.5) is 22.0 Å². The third kappa shape index (κ3) is 5.80. The summed E-state index contributed by atoms with van der Waals surface area (Å²) in [6, 6.07) is 5.24. The number of nitrogens with zero attached hydrogens (tertiary/aromatic N) is 5. The summed E-state index contributed by atoms with van der Waals surface area (Å²) in [7, 11) is -1.74. The lowest BCUT2D eigenvalue weighted by molar-refractivity contribution is -0.137. The minimum atomic E-state index is -4.69. The van der Waals surface area contributed by atoms with Gasteiger partial charge in [0.15, 0.2) is 0 Å². The number of carbonyl (C=O) groups excluding carboxylic acids is 1. The molecule has 3 aromatic rings. The third-order valence-electron chi connectivity index (χ3n) is 9.10. The summed E-state index contributed by atoms with van der Waals surface area (Å²) in [4.78, 5) is 39.3. The summed E-state index contributed by atoms with van der Waals surface area (Å²) in [5.41, 5.74) is -0.293. The molecule has 1 amide bonds. The molecule has 0 saturated carbocycles. The Balaban J connectivity index is 1.64. The van der Waals surface area contributed by atoms with Crippen LogP contribution in [-0.4, -0.2) is 66.7 Å². The molecule has 2 aliphatic heterocycles. The van der Waals surface area contributed by atoms with Gasteiger partial charge in [0.1, 0.15) is 0 Å². The van der Waals surface area contributed by atoms with E-state index in [1.54, 1.807) is 17.3 Å². The molecule has 0 N–H and O–H groups in total. The summed E-state index contributed by atoms with van der Waals surface area (Å²) in [5, 5.41) is -0.317. The van der Waals surface area contributed by atoms with Crippen molar-refractivity contribution in [3.8, 4) is 0 Å². The number of aromatic nitrogens is 3. The van der Waals surface area contributed by atoms with Gasteiger partial charge in [-0.1, -0.05) is 12.7 Å². The third-order valence-corrected chi connectivity index (χ3v) is 12.2. The predicted octanol–water partition coefficient (Wildman–Crippen LogP) is 6.10. The summed E-state index contributed by atoms with van der Waals surface area (Å²) < 4.78 is 73.7. The van der Waals surface area contributed by atoms with Crippen LogP contribution < -0.4 is 5.69 Å². The fourth-order valence-corrected chi connectivity index (χ4v) is 10.7. The van der Waals surface area contributed by atoms with Crippen LogP contribution in [0.25, 0.3) is 10.9 Å². The highest BCUT2D eigenvalue weighted by atomic mass is 32.2. The number of hydrogen-bond acceptors (Lipinski definition) is 5. The number of alkyl halides is 5. The van der Waals surface area contributed by atoms with E-state index in [-0.39, 0.29) is 36.3 Å². The van der Waals surface area contributed by atoms with Gasteiger partial charge in [-0.05, 0) is 61.1 Å². The Kier molecular flexibility index (Phi) is 8.13. The summed E-state index contributed by atoms with van der Waals surface area (Å²) in [6.07, 6.45) is 1.62. The standard InChI is InChI=1S/C32H34F5N5O2S/c1-4-27(43)42-19(2)16-40(17-20(42)3)29-25(21-7-11-38-12-8-21)18-41-28-22(15-39-30(41)44)13-23(32(35,36)37)14-26(28)45(29)24-5-9-31(33,34)10-6-24/h4-5,7-8,11-15,19-20,25,29,45H,1,6,9-10,16-18H2,2-3H3. The Labute approximate surface area is 259 Å². The second-order valence-corrected chi connectivity index (χ2v) is 14.4. The highest BCUT2D eigenvalue weighted by Gasteiger charge is 2.46. The number of benzene rings is 1. The van der Waals surface area contributed by atoms with Gasteiger partial charge in [-0.2, -0.15) is 24.1 Å². The van der Waals surface area contributed by atoms with Gasteiger partial charge in [0.25, 0.3) is 5.92 Å². The first-order chi connectivity index (χ1) is 21.3. The molecule has 13 heteroatoms. The lowest BCUT2D eigenvalue weighted by Crippen LogP contribution is -2.61. The number of thiol groups is 1.